The molecule has 0 spiro atoms. The van der Waals surface area contributed by atoms with E-state index in [1.165, 1.54) is 0 Å². The van der Waals surface area contributed by atoms with E-state index < -0.39 is 22.0 Å². The van der Waals surface area contributed by atoms with Gasteiger partial charge < -0.3 is 1.43 Å². The molecule has 38 heavy (non-hydrogen) atoms. The fraction of sp³-hybridized carbons (Fsp3) is 0.464. The first-order chi connectivity index (χ1) is 16.9. The summed E-state index contributed by atoms with van der Waals surface area (Å²) in [7, 11) is -2.31. The molecule has 0 fully saturated rings. The predicted octanol–water partition coefficient (Wildman–Crippen LogP) is 2.09. The summed E-state index contributed by atoms with van der Waals surface area (Å²) in [6.45, 7) is 11.6. The molecule has 2 aromatic rings. The molecule has 4 rings (SSSR count). The van der Waals surface area contributed by atoms with Gasteiger partial charge in [0.05, 0.1) is 49.5 Å². The van der Waals surface area contributed by atoms with Crippen LogP contribution in [-0.4, -0.2) is 32.0 Å². The average Bonchev–Trinajstić information content (AvgIpc) is 3.42. The van der Waals surface area contributed by atoms with Gasteiger partial charge in [-0.25, -0.2) is 13.1 Å². The predicted molar refractivity (Wildman–Crippen MR) is 154 cm³/mol. The zero-order valence-electron chi connectivity index (χ0n) is 24.4. The zero-order chi connectivity index (χ0) is 26.7. The van der Waals surface area contributed by atoms with Gasteiger partial charge >= 0.3 is 29.6 Å². The second kappa shape index (κ2) is 14.2. The van der Waals surface area contributed by atoms with E-state index in [0.717, 1.165) is 59.2 Å². The zero-order valence-corrected chi connectivity index (χ0v) is 27.1. The van der Waals surface area contributed by atoms with Crippen LogP contribution in [-0.2, 0) is 34.8 Å². The SMILES string of the molecule is CC(C)(C)[S@](=O)N=C1CCc2c(C#N)cccc21.CC(C)(C)[S@](=O)N[C@H]1CCc2c(C#N)cccc21.[B].[H-].[Na+]. The van der Waals surface area contributed by atoms with Crippen molar-refractivity contribution in [3.8, 4) is 12.1 Å². The number of nitriles is 2. The van der Waals surface area contributed by atoms with Crippen molar-refractivity contribution in [2.24, 2.45) is 4.40 Å². The van der Waals surface area contributed by atoms with Crippen molar-refractivity contribution >= 4 is 36.1 Å². The van der Waals surface area contributed by atoms with E-state index in [1.807, 2.05) is 77.9 Å². The maximum absolute atomic E-state index is 12.1. The minimum atomic E-state index is -1.24. The van der Waals surface area contributed by atoms with Gasteiger partial charge in [0, 0.05) is 20.0 Å². The minimum Gasteiger partial charge on any atom is -1.00 e. The normalized spacial score (nSPS) is 18.3. The Labute approximate surface area is 258 Å². The maximum Gasteiger partial charge on any atom is 1.00 e. The van der Waals surface area contributed by atoms with Crippen LogP contribution in [0.4, 0.5) is 0 Å². The van der Waals surface area contributed by atoms with Gasteiger partial charge in [-0.05, 0) is 96.0 Å². The van der Waals surface area contributed by atoms with Crippen molar-refractivity contribution in [3.05, 3.63) is 69.8 Å². The molecule has 0 saturated heterocycles. The molecule has 0 heterocycles. The molecule has 195 valence electrons. The van der Waals surface area contributed by atoms with Crippen LogP contribution in [0.5, 0.6) is 0 Å². The molecular weight excluding hydrogens is 522 g/mol. The van der Waals surface area contributed by atoms with Gasteiger partial charge in [0.1, 0.15) is 11.0 Å². The fourth-order valence-corrected chi connectivity index (χ4v) is 5.65. The molecule has 0 aromatic heterocycles. The van der Waals surface area contributed by atoms with Crippen molar-refractivity contribution in [1.29, 1.82) is 10.5 Å². The quantitative estimate of drug-likeness (QED) is 0.584. The van der Waals surface area contributed by atoms with E-state index in [4.69, 9.17) is 10.5 Å². The van der Waals surface area contributed by atoms with Crippen LogP contribution >= 0.6 is 0 Å². The summed E-state index contributed by atoms with van der Waals surface area (Å²) in [4.78, 5) is 0. The van der Waals surface area contributed by atoms with Crippen LogP contribution in [0.1, 0.15) is 95.2 Å². The molecule has 0 amide bonds. The molecular formula is C28H35BN4NaO2S2. The number of nitrogens with one attached hydrogen (secondary N) is 1. The second-order valence-electron chi connectivity index (χ2n) is 10.9. The second-order valence-corrected chi connectivity index (χ2v) is 14.8. The van der Waals surface area contributed by atoms with Crippen molar-refractivity contribution < 1.29 is 39.4 Å². The van der Waals surface area contributed by atoms with Gasteiger partial charge in [0.15, 0.2) is 0 Å². The summed E-state index contributed by atoms with van der Waals surface area (Å²) < 4.78 is 31.1. The van der Waals surface area contributed by atoms with Crippen LogP contribution in [0.15, 0.2) is 40.8 Å². The first-order valence-corrected chi connectivity index (χ1v) is 14.3. The Morgan fingerprint density at radius 3 is 2.03 bits per heavy atom. The van der Waals surface area contributed by atoms with Gasteiger partial charge in [0.25, 0.3) is 0 Å². The van der Waals surface area contributed by atoms with E-state index in [9.17, 15) is 8.42 Å². The maximum atomic E-state index is 12.1. The van der Waals surface area contributed by atoms with Crippen LogP contribution < -0.4 is 34.3 Å². The molecule has 1 N–H and O–H groups in total. The molecule has 0 aliphatic heterocycles. The third-order valence-electron chi connectivity index (χ3n) is 6.13. The van der Waals surface area contributed by atoms with Gasteiger partial charge in [0.2, 0.25) is 0 Å². The van der Waals surface area contributed by atoms with Crippen molar-refractivity contribution in [1.82, 2.24) is 4.72 Å². The largest absolute Gasteiger partial charge is 1.00 e. The monoisotopic (exact) mass is 557 g/mol. The average molecular weight is 558 g/mol. The standard InChI is InChI=1S/C14H18N2OS.C14H16N2OS.B.Na.H/c2*1-14(2,3)18(17)16-13-8-7-11-10(9-15)5-4-6-12(11)13;;;/h4-6,13,16H,7-8H2,1-3H3;4-6H,7-8H2,1-3H3;;;/q;;;+1;-1/t13-,18-;18-;;;/m00.../s1. The number of nitrogens with zero attached hydrogens (tertiary/aromatic N) is 3. The summed E-state index contributed by atoms with van der Waals surface area (Å²) in [6.07, 6.45) is 3.39. The van der Waals surface area contributed by atoms with E-state index in [2.05, 4.69) is 21.3 Å². The van der Waals surface area contributed by atoms with Gasteiger partial charge in [-0.1, -0.05) is 24.3 Å². The molecule has 2 aliphatic rings. The molecule has 2 aromatic carbocycles. The molecule has 0 saturated carbocycles. The molecule has 2 aliphatic carbocycles. The minimum absolute atomic E-state index is 0. The van der Waals surface area contributed by atoms with Crippen LogP contribution in [0.3, 0.4) is 0 Å². The van der Waals surface area contributed by atoms with E-state index in [1.54, 1.807) is 0 Å². The third kappa shape index (κ3) is 8.21. The van der Waals surface area contributed by atoms with Crippen molar-refractivity contribution in [3.63, 3.8) is 0 Å². The summed E-state index contributed by atoms with van der Waals surface area (Å²) in [5, 5.41) is 18.1. The molecule has 6 nitrogen and oxygen atoms in total. The molecule has 0 unspecified atom stereocenters. The molecule has 3 radical (unpaired) electrons. The Morgan fingerprint density at radius 1 is 0.895 bits per heavy atom. The van der Waals surface area contributed by atoms with Gasteiger partial charge in [-0.2, -0.15) is 14.9 Å². The molecule has 10 heteroatoms. The van der Waals surface area contributed by atoms with Gasteiger partial charge in [-0.15, -0.1) is 0 Å². The van der Waals surface area contributed by atoms with Gasteiger partial charge in [-0.3, -0.25) is 0 Å². The van der Waals surface area contributed by atoms with E-state index in [0.29, 0.717) is 5.56 Å². The first-order valence-electron chi connectivity index (χ1n) is 12.1. The Morgan fingerprint density at radius 2 is 1.47 bits per heavy atom. The summed E-state index contributed by atoms with van der Waals surface area (Å²) in [5.74, 6) is 0. The van der Waals surface area contributed by atoms with Crippen LogP contribution in [0.25, 0.3) is 0 Å². The van der Waals surface area contributed by atoms with Crippen LogP contribution in [0.2, 0.25) is 0 Å². The topological polar surface area (TPSA) is 106 Å². The number of fused-ring (bicyclic) bond motifs is 2. The van der Waals surface area contributed by atoms with E-state index >= 15 is 0 Å². The smallest absolute Gasteiger partial charge is 1.00 e. The first kappa shape index (κ1) is 34.4. The number of rotatable bonds is 3. The van der Waals surface area contributed by atoms with Crippen molar-refractivity contribution in [2.45, 2.75) is 82.8 Å². The summed E-state index contributed by atoms with van der Waals surface area (Å²) >= 11 is 0. The number of benzene rings is 2. The Hall–Kier alpha value is -1.59. The Kier molecular flexibility index (Phi) is 12.8. The fourth-order valence-electron chi connectivity index (χ4n) is 4.13. The summed E-state index contributed by atoms with van der Waals surface area (Å²) in [5.41, 5.74) is 6.61. The molecule has 3 atom stereocenters. The van der Waals surface area contributed by atoms with Crippen molar-refractivity contribution in [2.75, 3.05) is 0 Å². The summed E-state index contributed by atoms with van der Waals surface area (Å²) in [6, 6.07) is 16.0. The molecule has 0 bridgehead atoms. The number of hydrogen-bond acceptors (Lipinski definition) is 4. The Bertz CT molecular complexity index is 1320. The Balaban J connectivity index is 0.000000688. The third-order valence-corrected chi connectivity index (χ3v) is 9.18. The van der Waals surface area contributed by atoms with E-state index in [-0.39, 0.29) is 54.9 Å². The van der Waals surface area contributed by atoms with Crippen LogP contribution in [0, 0.1) is 22.7 Å². The number of hydrogen-bond donors (Lipinski definition) is 1.